The molecule has 1 aromatic heterocycles. The predicted octanol–water partition coefficient (Wildman–Crippen LogP) is 4.28. The van der Waals surface area contributed by atoms with Crippen LogP contribution in [0.3, 0.4) is 0 Å². The molecule has 1 aliphatic rings. The summed E-state index contributed by atoms with van der Waals surface area (Å²) in [7, 11) is 0. The molecule has 0 aliphatic heterocycles. The van der Waals surface area contributed by atoms with E-state index in [9.17, 15) is 0 Å². The maximum Gasteiger partial charge on any atom is 0.0705 e. The molecular weight excluding hydrogens is 256 g/mol. The predicted molar refractivity (Wildman–Crippen MR) is 89.7 cm³/mol. The van der Waals surface area contributed by atoms with Crippen LogP contribution in [0.15, 0.2) is 30.3 Å². The fourth-order valence-electron chi connectivity index (χ4n) is 3.29. The Labute approximate surface area is 128 Å². The van der Waals surface area contributed by atoms with Crippen LogP contribution in [0.4, 0.5) is 0 Å². The molecule has 1 saturated carbocycles. The van der Waals surface area contributed by atoms with Gasteiger partial charge in [-0.25, -0.2) is 0 Å². The Morgan fingerprint density at radius 2 is 2.05 bits per heavy atom. The summed E-state index contributed by atoms with van der Waals surface area (Å²) in [5.41, 5.74) is 3.71. The zero-order valence-electron chi connectivity index (χ0n) is 13.4. The smallest absolute Gasteiger partial charge is 0.0705 e. The molecule has 2 heteroatoms. The lowest BCUT2D eigenvalue weighted by molar-refractivity contribution is 0.243. The van der Waals surface area contributed by atoms with Crippen molar-refractivity contribution >= 4 is 10.9 Å². The monoisotopic (exact) mass is 282 g/mol. The summed E-state index contributed by atoms with van der Waals surface area (Å²) in [6.07, 6.45) is 2.69. The minimum atomic E-state index is 0.732. The quantitative estimate of drug-likeness (QED) is 0.885. The third kappa shape index (κ3) is 3.26. The zero-order chi connectivity index (χ0) is 14.8. The number of fused-ring (bicyclic) bond motifs is 1. The van der Waals surface area contributed by atoms with E-state index >= 15 is 0 Å². The first-order valence-corrected chi connectivity index (χ1v) is 8.21. The van der Waals surface area contributed by atoms with E-state index < -0.39 is 0 Å². The van der Waals surface area contributed by atoms with Crippen molar-refractivity contribution in [3.63, 3.8) is 0 Å². The van der Waals surface area contributed by atoms with Gasteiger partial charge in [-0.05, 0) is 74.4 Å². The maximum atomic E-state index is 4.60. The van der Waals surface area contributed by atoms with Gasteiger partial charge in [-0.2, -0.15) is 0 Å². The van der Waals surface area contributed by atoms with Crippen molar-refractivity contribution in [1.29, 1.82) is 0 Å². The molecule has 2 aromatic rings. The average molecular weight is 282 g/mol. The highest BCUT2D eigenvalue weighted by atomic mass is 14.9. The SMILES string of the molecule is Cc1ccc2cc(C3CCC3CNCC(C)C)ccc2n1. The van der Waals surface area contributed by atoms with Gasteiger partial charge in [0.2, 0.25) is 0 Å². The summed E-state index contributed by atoms with van der Waals surface area (Å²) in [5, 5.41) is 4.90. The molecule has 1 aliphatic carbocycles. The molecule has 1 aromatic carbocycles. The first-order valence-electron chi connectivity index (χ1n) is 8.21. The molecule has 21 heavy (non-hydrogen) atoms. The number of rotatable bonds is 5. The number of benzene rings is 1. The molecule has 112 valence electrons. The van der Waals surface area contributed by atoms with Gasteiger partial charge < -0.3 is 5.32 Å². The van der Waals surface area contributed by atoms with Gasteiger partial charge in [-0.3, -0.25) is 4.98 Å². The normalized spacial score (nSPS) is 21.7. The standard InChI is InChI=1S/C19H26N2/c1-13(2)11-20-12-17-6-8-18(17)15-7-9-19-16(10-15)5-4-14(3)21-19/h4-5,7,9-10,13,17-18,20H,6,8,11-12H2,1-3H3. The van der Waals surface area contributed by atoms with Gasteiger partial charge in [0, 0.05) is 11.1 Å². The summed E-state index contributed by atoms with van der Waals surface area (Å²) in [6, 6.07) is 11.1. The summed E-state index contributed by atoms with van der Waals surface area (Å²) >= 11 is 0. The third-order valence-corrected chi connectivity index (χ3v) is 4.66. The largest absolute Gasteiger partial charge is 0.316 e. The van der Waals surface area contributed by atoms with Gasteiger partial charge in [-0.15, -0.1) is 0 Å². The molecule has 0 spiro atoms. The van der Waals surface area contributed by atoms with E-state index in [1.54, 1.807) is 0 Å². The summed E-state index contributed by atoms with van der Waals surface area (Å²) in [4.78, 5) is 4.60. The Kier molecular flexibility index (Phi) is 4.25. The minimum Gasteiger partial charge on any atom is -0.316 e. The van der Waals surface area contributed by atoms with Crippen LogP contribution in [0, 0.1) is 18.8 Å². The van der Waals surface area contributed by atoms with Crippen molar-refractivity contribution in [2.45, 2.75) is 39.5 Å². The summed E-state index contributed by atoms with van der Waals surface area (Å²) in [6.45, 7) is 8.88. The molecule has 2 unspecified atom stereocenters. The third-order valence-electron chi connectivity index (χ3n) is 4.66. The van der Waals surface area contributed by atoms with Crippen molar-refractivity contribution in [3.05, 3.63) is 41.6 Å². The van der Waals surface area contributed by atoms with Crippen molar-refractivity contribution in [2.24, 2.45) is 11.8 Å². The van der Waals surface area contributed by atoms with Crippen LogP contribution in [-0.2, 0) is 0 Å². The second-order valence-electron chi connectivity index (χ2n) is 6.90. The number of nitrogens with zero attached hydrogens (tertiary/aromatic N) is 1. The summed E-state index contributed by atoms with van der Waals surface area (Å²) in [5.74, 6) is 2.27. The fourth-order valence-corrected chi connectivity index (χ4v) is 3.29. The topological polar surface area (TPSA) is 24.9 Å². The molecule has 1 fully saturated rings. The Morgan fingerprint density at radius 1 is 1.19 bits per heavy atom. The number of hydrogen-bond acceptors (Lipinski definition) is 2. The van der Waals surface area contributed by atoms with Crippen LogP contribution in [0.2, 0.25) is 0 Å². The minimum absolute atomic E-state index is 0.732. The van der Waals surface area contributed by atoms with Crippen LogP contribution in [0.5, 0.6) is 0 Å². The second kappa shape index (κ2) is 6.15. The number of hydrogen-bond donors (Lipinski definition) is 1. The Morgan fingerprint density at radius 3 is 2.76 bits per heavy atom. The van der Waals surface area contributed by atoms with Gasteiger partial charge in [0.25, 0.3) is 0 Å². The number of aromatic nitrogens is 1. The van der Waals surface area contributed by atoms with Gasteiger partial charge >= 0.3 is 0 Å². The molecule has 0 radical (unpaired) electrons. The Bertz CT molecular complexity index is 618. The molecule has 0 saturated heterocycles. The van der Waals surface area contributed by atoms with Crippen molar-refractivity contribution in [2.75, 3.05) is 13.1 Å². The lowest BCUT2D eigenvalue weighted by Gasteiger charge is -2.37. The number of pyridine rings is 1. The van der Waals surface area contributed by atoms with Crippen LogP contribution in [0.1, 0.15) is 43.9 Å². The van der Waals surface area contributed by atoms with E-state index in [0.717, 1.165) is 42.1 Å². The molecule has 0 bridgehead atoms. The van der Waals surface area contributed by atoms with Crippen molar-refractivity contribution in [3.8, 4) is 0 Å². The van der Waals surface area contributed by atoms with Crippen LogP contribution >= 0.6 is 0 Å². The first-order chi connectivity index (χ1) is 10.1. The van der Waals surface area contributed by atoms with Gasteiger partial charge in [0.1, 0.15) is 0 Å². The van der Waals surface area contributed by atoms with Crippen molar-refractivity contribution in [1.82, 2.24) is 10.3 Å². The van der Waals surface area contributed by atoms with E-state index in [4.69, 9.17) is 0 Å². The Hall–Kier alpha value is -1.41. The van der Waals surface area contributed by atoms with E-state index in [2.05, 4.69) is 61.4 Å². The molecule has 3 rings (SSSR count). The fraction of sp³-hybridized carbons (Fsp3) is 0.526. The highest BCUT2D eigenvalue weighted by Gasteiger charge is 2.31. The zero-order valence-corrected chi connectivity index (χ0v) is 13.4. The average Bonchev–Trinajstić information content (AvgIpc) is 2.42. The maximum absolute atomic E-state index is 4.60. The molecular formula is C19H26N2. The second-order valence-corrected chi connectivity index (χ2v) is 6.90. The van der Waals surface area contributed by atoms with E-state index in [-0.39, 0.29) is 0 Å². The molecule has 2 atom stereocenters. The van der Waals surface area contributed by atoms with Crippen LogP contribution in [0.25, 0.3) is 10.9 Å². The molecule has 0 amide bonds. The lowest BCUT2D eigenvalue weighted by atomic mass is 9.70. The Balaban J connectivity index is 1.70. The molecule has 2 nitrogen and oxygen atoms in total. The van der Waals surface area contributed by atoms with Gasteiger partial charge in [-0.1, -0.05) is 26.0 Å². The van der Waals surface area contributed by atoms with E-state index in [0.29, 0.717) is 0 Å². The van der Waals surface area contributed by atoms with Crippen molar-refractivity contribution < 1.29 is 0 Å². The lowest BCUT2D eigenvalue weighted by Crippen LogP contribution is -2.35. The highest BCUT2D eigenvalue weighted by molar-refractivity contribution is 5.79. The number of aryl methyl sites for hydroxylation is 1. The van der Waals surface area contributed by atoms with Gasteiger partial charge in [0.15, 0.2) is 0 Å². The van der Waals surface area contributed by atoms with E-state index in [1.807, 2.05) is 0 Å². The summed E-state index contributed by atoms with van der Waals surface area (Å²) < 4.78 is 0. The molecule has 1 heterocycles. The van der Waals surface area contributed by atoms with Crippen LogP contribution < -0.4 is 5.32 Å². The van der Waals surface area contributed by atoms with E-state index in [1.165, 1.54) is 23.8 Å². The highest BCUT2D eigenvalue weighted by Crippen LogP contribution is 2.42. The van der Waals surface area contributed by atoms with Gasteiger partial charge in [0.05, 0.1) is 5.52 Å². The first kappa shape index (κ1) is 14.5. The van der Waals surface area contributed by atoms with Crippen LogP contribution in [-0.4, -0.2) is 18.1 Å². The number of nitrogens with one attached hydrogen (secondary N) is 1. The molecule has 1 N–H and O–H groups in total.